The maximum absolute atomic E-state index is 13.3. The van der Waals surface area contributed by atoms with Crippen molar-refractivity contribution in [2.24, 2.45) is 7.05 Å². The van der Waals surface area contributed by atoms with Crippen molar-refractivity contribution in [1.82, 2.24) is 9.78 Å². The summed E-state index contributed by atoms with van der Waals surface area (Å²) < 4.78 is 14.8. The van der Waals surface area contributed by atoms with Crippen molar-refractivity contribution in [3.63, 3.8) is 0 Å². The van der Waals surface area contributed by atoms with Crippen molar-refractivity contribution in [1.29, 1.82) is 0 Å². The van der Waals surface area contributed by atoms with Crippen molar-refractivity contribution < 1.29 is 14.0 Å². The van der Waals surface area contributed by atoms with Crippen molar-refractivity contribution in [3.8, 4) is 0 Å². The normalized spacial score (nSPS) is 10.6. The van der Waals surface area contributed by atoms with Crippen LogP contribution in [0.5, 0.6) is 0 Å². The lowest BCUT2D eigenvalue weighted by Crippen LogP contribution is -2.10. The van der Waals surface area contributed by atoms with Gasteiger partial charge in [0.15, 0.2) is 11.6 Å². The largest absolute Gasteiger partial charge is 0.294 e. The van der Waals surface area contributed by atoms with Crippen molar-refractivity contribution in [3.05, 3.63) is 51.5 Å². The van der Waals surface area contributed by atoms with Crippen LogP contribution < -0.4 is 0 Å². The van der Waals surface area contributed by atoms with Gasteiger partial charge in [0.2, 0.25) is 0 Å². The van der Waals surface area contributed by atoms with Gasteiger partial charge in [0, 0.05) is 18.8 Å². The first kappa shape index (κ1) is 14.7. The number of carbonyl (C=O) groups is 2. The van der Waals surface area contributed by atoms with Gasteiger partial charge in [0.05, 0.1) is 16.5 Å². The highest BCUT2D eigenvalue weighted by Crippen LogP contribution is 2.25. The fourth-order valence-electron chi connectivity index (χ4n) is 1.63. The minimum atomic E-state index is -0.760. The Morgan fingerprint density at radius 1 is 1.25 bits per heavy atom. The Kier molecular flexibility index (Phi) is 4.20. The molecule has 0 saturated heterocycles. The number of rotatable bonds is 4. The number of halogens is 3. The lowest BCUT2D eigenvalue weighted by molar-refractivity contribution is 0.0891. The molecule has 1 aromatic heterocycles. The van der Waals surface area contributed by atoms with E-state index < -0.39 is 23.8 Å². The molecule has 0 radical (unpaired) electrons. The lowest BCUT2D eigenvalue weighted by Gasteiger charge is -2.04. The van der Waals surface area contributed by atoms with Crippen molar-refractivity contribution in [2.45, 2.75) is 6.42 Å². The molecule has 0 N–H and O–H groups in total. The highest BCUT2D eigenvalue weighted by atomic mass is 35.5. The highest BCUT2D eigenvalue weighted by Gasteiger charge is 2.19. The first-order valence-electron chi connectivity index (χ1n) is 5.59. The molecule has 0 amide bonds. The molecule has 0 spiro atoms. The van der Waals surface area contributed by atoms with E-state index in [0.717, 1.165) is 12.1 Å². The van der Waals surface area contributed by atoms with Crippen LogP contribution in [0.4, 0.5) is 4.39 Å². The predicted molar refractivity (Wildman–Crippen MR) is 72.9 cm³/mol. The lowest BCUT2D eigenvalue weighted by atomic mass is 10.0. The van der Waals surface area contributed by atoms with Crippen molar-refractivity contribution >= 4 is 34.8 Å². The van der Waals surface area contributed by atoms with Gasteiger partial charge in [-0.1, -0.05) is 23.2 Å². The van der Waals surface area contributed by atoms with E-state index in [0.29, 0.717) is 0 Å². The van der Waals surface area contributed by atoms with Crippen LogP contribution in [-0.2, 0) is 7.05 Å². The molecule has 0 aliphatic rings. The van der Waals surface area contributed by atoms with Crippen LogP contribution in [0.25, 0.3) is 0 Å². The number of ketones is 2. The second-order valence-corrected chi connectivity index (χ2v) is 4.96. The Hall–Kier alpha value is -1.72. The van der Waals surface area contributed by atoms with Crippen LogP contribution >= 0.6 is 23.2 Å². The van der Waals surface area contributed by atoms with E-state index >= 15 is 0 Å². The second kappa shape index (κ2) is 5.73. The number of aryl methyl sites for hydroxylation is 1. The third-order valence-electron chi connectivity index (χ3n) is 2.63. The zero-order valence-corrected chi connectivity index (χ0v) is 11.9. The third kappa shape index (κ3) is 3.05. The Morgan fingerprint density at radius 2 is 1.95 bits per heavy atom. The summed E-state index contributed by atoms with van der Waals surface area (Å²) in [7, 11) is 1.66. The maximum atomic E-state index is 13.3. The summed E-state index contributed by atoms with van der Waals surface area (Å²) in [6, 6.07) is 3.56. The number of carbonyl (C=O) groups excluding carboxylic acids is 2. The number of hydrogen-bond donors (Lipinski definition) is 0. The van der Waals surface area contributed by atoms with Crippen LogP contribution in [0.1, 0.15) is 27.3 Å². The molecule has 0 unspecified atom stereocenters. The monoisotopic (exact) mass is 314 g/mol. The fraction of sp³-hybridized carbons (Fsp3) is 0.154. The minimum absolute atomic E-state index is 0.00946. The molecular formula is C13H9Cl2FN2O2. The summed E-state index contributed by atoms with van der Waals surface area (Å²) in [5, 5.41) is 3.73. The number of nitrogens with zero attached hydrogens (tertiary/aromatic N) is 2. The fourth-order valence-corrected chi connectivity index (χ4v) is 2.12. The molecular weight excluding hydrogens is 306 g/mol. The number of Topliss-reactive ketones (excluding diaryl/α,β-unsaturated/α-hetero) is 2. The van der Waals surface area contributed by atoms with Gasteiger partial charge in [0.1, 0.15) is 11.5 Å². The van der Waals surface area contributed by atoms with Crippen LogP contribution in [0.3, 0.4) is 0 Å². The molecule has 2 aromatic rings. The molecule has 7 heteroatoms. The summed E-state index contributed by atoms with van der Waals surface area (Å²) in [6.45, 7) is 0. The molecule has 104 valence electrons. The average molecular weight is 315 g/mol. The van der Waals surface area contributed by atoms with E-state index in [1.54, 1.807) is 13.2 Å². The molecule has 20 heavy (non-hydrogen) atoms. The first-order chi connectivity index (χ1) is 9.38. The quantitative estimate of drug-likeness (QED) is 0.494. The predicted octanol–water partition coefficient (Wildman–Crippen LogP) is 3.32. The minimum Gasteiger partial charge on any atom is -0.294 e. The van der Waals surface area contributed by atoms with Crippen LogP contribution in [0.2, 0.25) is 10.0 Å². The van der Waals surface area contributed by atoms with E-state index in [-0.39, 0.29) is 21.3 Å². The molecule has 2 rings (SSSR count). The van der Waals surface area contributed by atoms with Gasteiger partial charge in [-0.15, -0.1) is 0 Å². The van der Waals surface area contributed by atoms with E-state index in [2.05, 4.69) is 5.10 Å². The molecule has 1 heterocycles. The van der Waals surface area contributed by atoms with Crippen LogP contribution in [0.15, 0.2) is 24.4 Å². The molecule has 0 bridgehead atoms. The first-order valence-corrected chi connectivity index (χ1v) is 6.34. The van der Waals surface area contributed by atoms with Gasteiger partial charge >= 0.3 is 0 Å². The molecule has 0 atom stereocenters. The van der Waals surface area contributed by atoms with Crippen molar-refractivity contribution in [2.75, 3.05) is 0 Å². The van der Waals surface area contributed by atoms with Crippen LogP contribution in [0, 0.1) is 5.82 Å². The van der Waals surface area contributed by atoms with Gasteiger partial charge in [-0.25, -0.2) is 4.39 Å². The number of hydrogen-bond acceptors (Lipinski definition) is 3. The van der Waals surface area contributed by atoms with Gasteiger partial charge in [-0.3, -0.25) is 14.3 Å². The zero-order chi connectivity index (χ0) is 14.9. The zero-order valence-electron chi connectivity index (χ0n) is 10.4. The molecule has 0 saturated carbocycles. The van der Waals surface area contributed by atoms with Gasteiger partial charge in [-0.2, -0.15) is 5.10 Å². The Balaban J connectivity index is 2.20. The second-order valence-electron chi connectivity index (χ2n) is 4.14. The van der Waals surface area contributed by atoms with E-state index in [1.165, 1.54) is 10.7 Å². The van der Waals surface area contributed by atoms with Gasteiger partial charge < -0.3 is 0 Å². The summed E-state index contributed by atoms with van der Waals surface area (Å²) >= 11 is 11.4. The SMILES string of the molecule is Cn1ccc(C(=O)CC(=O)c2cc(F)c(Cl)cc2Cl)n1. The third-order valence-corrected chi connectivity index (χ3v) is 3.23. The summed E-state index contributed by atoms with van der Waals surface area (Å²) in [5.41, 5.74) is 0.101. The topological polar surface area (TPSA) is 52.0 Å². The number of benzene rings is 1. The van der Waals surface area contributed by atoms with Gasteiger partial charge in [0.25, 0.3) is 0 Å². The Bertz CT molecular complexity index is 698. The smallest absolute Gasteiger partial charge is 0.190 e. The standard InChI is InChI=1S/C13H9Cl2FN2O2/c1-18-3-2-11(17-18)13(20)6-12(19)7-4-10(16)9(15)5-8(7)14/h2-5H,6H2,1H3. The molecule has 0 aliphatic carbocycles. The number of aromatic nitrogens is 2. The summed E-state index contributed by atoms with van der Waals surface area (Å²) in [5.74, 6) is -1.80. The highest BCUT2D eigenvalue weighted by molar-refractivity contribution is 6.37. The molecule has 1 aromatic carbocycles. The molecule has 4 nitrogen and oxygen atoms in total. The summed E-state index contributed by atoms with van der Waals surface area (Å²) in [4.78, 5) is 23.8. The molecule has 0 aliphatic heterocycles. The summed E-state index contributed by atoms with van der Waals surface area (Å²) in [6.07, 6.45) is 1.16. The molecule has 0 fully saturated rings. The van der Waals surface area contributed by atoms with E-state index in [1.807, 2.05) is 0 Å². The van der Waals surface area contributed by atoms with E-state index in [9.17, 15) is 14.0 Å². The average Bonchev–Trinajstić information content (AvgIpc) is 2.80. The van der Waals surface area contributed by atoms with Crippen LogP contribution in [-0.4, -0.2) is 21.3 Å². The van der Waals surface area contributed by atoms with E-state index in [4.69, 9.17) is 23.2 Å². The van der Waals surface area contributed by atoms with Gasteiger partial charge in [-0.05, 0) is 18.2 Å². The maximum Gasteiger partial charge on any atom is 0.190 e. The Morgan fingerprint density at radius 3 is 2.55 bits per heavy atom. The Labute approximate surface area is 124 Å².